The van der Waals surface area contributed by atoms with Gasteiger partial charge in [0.2, 0.25) is 5.95 Å². The minimum Gasteiger partial charge on any atom is -0.370 e. The van der Waals surface area contributed by atoms with E-state index >= 15 is 0 Å². The number of ketones is 1. The summed E-state index contributed by atoms with van der Waals surface area (Å²) in [4.78, 5) is 24.2. The number of ether oxygens (including phenoxy) is 1. The number of thiophene rings is 1. The van der Waals surface area contributed by atoms with Gasteiger partial charge in [-0.05, 0) is 17.9 Å². The van der Waals surface area contributed by atoms with E-state index in [0.29, 0.717) is 17.9 Å². The van der Waals surface area contributed by atoms with E-state index in [0.717, 1.165) is 51.5 Å². The van der Waals surface area contributed by atoms with E-state index in [1.807, 2.05) is 6.07 Å². The molecule has 4 rings (SSSR count). The van der Waals surface area contributed by atoms with Crippen LogP contribution >= 0.6 is 11.3 Å². The molecule has 1 aliphatic carbocycles. The summed E-state index contributed by atoms with van der Waals surface area (Å²) in [5.74, 6) is 1.04. The lowest BCUT2D eigenvalue weighted by Crippen LogP contribution is -3.14. The van der Waals surface area contributed by atoms with Crippen LogP contribution in [0.1, 0.15) is 33.3 Å². The number of fused-ring (bicyclic) bond motifs is 1. The van der Waals surface area contributed by atoms with Crippen molar-refractivity contribution in [3.63, 3.8) is 0 Å². The summed E-state index contributed by atoms with van der Waals surface area (Å²) in [7, 11) is 0. The van der Waals surface area contributed by atoms with Crippen LogP contribution in [0.5, 0.6) is 0 Å². The number of carbonyl (C=O) groups excluding carboxylic acids is 1. The van der Waals surface area contributed by atoms with E-state index in [-0.39, 0.29) is 11.7 Å². The monoisotopic (exact) mass is 359 g/mol. The van der Waals surface area contributed by atoms with Crippen molar-refractivity contribution >= 4 is 23.1 Å². The lowest BCUT2D eigenvalue weighted by Gasteiger charge is -2.24. The zero-order valence-electron chi connectivity index (χ0n) is 14.2. The summed E-state index contributed by atoms with van der Waals surface area (Å²) in [6.45, 7) is 5.66. The van der Waals surface area contributed by atoms with Crippen molar-refractivity contribution in [3.8, 4) is 0 Å². The molecule has 2 aromatic heterocycles. The summed E-state index contributed by atoms with van der Waals surface area (Å²) in [5, 5.41) is 5.38. The summed E-state index contributed by atoms with van der Waals surface area (Å²) in [6.07, 6.45) is 3.07. The van der Waals surface area contributed by atoms with Crippen molar-refractivity contribution in [1.82, 2.24) is 9.97 Å². The Kier molecular flexibility index (Phi) is 5.05. The molecule has 1 atom stereocenters. The van der Waals surface area contributed by atoms with Crippen molar-refractivity contribution in [3.05, 3.63) is 39.8 Å². The Morgan fingerprint density at radius 2 is 2.20 bits per heavy atom. The van der Waals surface area contributed by atoms with E-state index in [9.17, 15) is 4.79 Å². The van der Waals surface area contributed by atoms with E-state index < -0.39 is 0 Å². The summed E-state index contributed by atoms with van der Waals surface area (Å²) in [6, 6.07) is 4.15. The maximum Gasteiger partial charge on any atom is 0.223 e. The summed E-state index contributed by atoms with van der Waals surface area (Å²) in [5.41, 5.74) is 1.57. The number of rotatable bonds is 5. The van der Waals surface area contributed by atoms with Gasteiger partial charge < -0.3 is 15.0 Å². The molecule has 0 radical (unpaired) electrons. The Balaban J connectivity index is 1.40. The van der Waals surface area contributed by atoms with Crippen LogP contribution in [0.2, 0.25) is 0 Å². The molecule has 0 spiro atoms. The van der Waals surface area contributed by atoms with Crippen LogP contribution < -0.4 is 10.2 Å². The number of Topliss-reactive ketones (excluding diaryl/α,β-unsaturated/α-hetero) is 1. The largest absolute Gasteiger partial charge is 0.370 e. The Bertz CT molecular complexity index is 729. The van der Waals surface area contributed by atoms with Gasteiger partial charge in [-0.25, -0.2) is 9.97 Å². The van der Waals surface area contributed by atoms with Crippen molar-refractivity contribution < 1.29 is 14.4 Å². The first kappa shape index (κ1) is 16.6. The molecule has 2 aliphatic rings. The van der Waals surface area contributed by atoms with E-state index in [1.54, 1.807) is 22.4 Å². The van der Waals surface area contributed by atoms with Crippen molar-refractivity contribution in [2.75, 3.05) is 44.7 Å². The number of hydrogen-bond acceptors (Lipinski definition) is 6. The number of quaternary nitrogens is 1. The molecule has 2 N–H and O–H groups in total. The fourth-order valence-electron chi connectivity index (χ4n) is 3.52. The highest BCUT2D eigenvalue weighted by Gasteiger charge is 2.28. The number of nitrogens with zero attached hydrogens (tertiary/aromatic N) is 2. The second kappa shape index (κ2) is 7.59. The van der Waals surface area contributed by atoms with E-state index in [2.05, 4.69) is 26.7 Å². The average Bonchev–Trinajstić information content (AvgIpc) is 3.17. The van der Waals surface area contributed by atoms with Crippen molar-refractivity contribution in [1.29, 1.82) is 0 Å². The topological polar surface area (TPSA) is 68.5 Å². The first-order valence-corrected chi connectivity index (χ1v) is 9.75. The first-order valence-electron chi connectivity index (χ1n) is 8.87. The van der Waals surface area contributed by atoms with Crippen LogP contribution in [-0.4, -0.2) is 55.1 Å². The maximum atomic E-state index is 12.4. The van der Waals surface area contributed by atoms with E-state index in [4.69, 9.17) is 4.74 Å². The quantitative estimate of drug-likeness (QED) is 0.826. The molecule has 6 nitrogen and oxygen atoms in total. The lowest BCUT2D eigenvalue weighted by molar-refractivity contribution is -0.906. The van der Waals surface area contributed by atoms with Crippen molar-refractivity contribution in [2.45, 2.75) is 18.8 Å². The Morgan fingerprint density at radius 1 is 1.32 bits per heavy atom. The molecule has 0 saturated carbocycles. The van der Waals surface area contributed by atoms with Crippen molar-refractivity contribution in [2.24, 2.45) is 0 Å². The molecule has 0 bridgehead atoms. The van der Waals surface area contributed by atoms with Gasteiger partial charge >= 0.3 is 0 Å². The first-order chi connectivity index (χ1) is 12.3. The molecule has 132 valence electrons. The number of anilines is 1. The van der Waals surface area contributed by atoms with Gasteiger partial charge in [-0.15, -0.1) is 11.3 Å². The van der Waals surface area contributed by atoms with Gasteiger partial charge in [-0.3, -0.25) is 4.79 Å². The highest BCUT2D eigenvalue weighted by Crippen LogP contribution is 2.34. The average molecular weight is 359 g/mol. The highest BCUT2D eigenvalue weighted by atomic mass is 32.1. The highest BCUT2D eigenvalue weighted by molar-refractivity contribution is 7.10. The minimum absolute atomic E-state index is 0.156. The number of hydrogen-bond donors (Lipinski definition) is 2. The molecule has 0 amide bonds. The van der Waals surface area contributed by atoms with Gasteiger partial charge in [-0.1, -0.05) is 6.07 Å². The molecular weight excluding hydrogens is 336 g/mol. The zero-order valence-corrected chi connectivity index (χ0v) is 15.0. The van der Waals surface area contributed by atoms with Gasteiger partial charge in [0.05, 0.1) is 37.6 Å². The van der Waals surface area contributed by atoms with Crippen LogP contribution in [0.25, 0.3) is 0 Å². The Morgan fingerprint density at radius 3 is 3.00 bits per heavy atom. The Labute approximate surface area is 151 Å². The van der Waals surface area contributed by atoms with Gasteiger partial charge in [0.1, 0.15) is 13.1 Å². The lowest BCUT2D eigenvalue weighted by atomic mass is 9.86. The molecule has 0 unspecified atom stereocenters. The van der Waals surface area contributed by atoms with Crippen LogP contribution in [0.15, 0.2) is 23.7 Å². The molecule has 7 heteroatoms. The van der Waals surface area contributed by atoms with Gasteiger partial charge in [-0.2, -0.15) is 0 Å². The summed E-state index contributed by atoms with van der Waals surface area (Å²) < 4.78 is 5.38. The molecule has 0 aromatic carbocycles. The van der Waals surface area contributed by atoms with Crippen LogP contribution in [0, 0.1) is 0 Å². The Hall–Kier alpha value is -1.83. The van der Waals surface area contributed by atoms with Gasteiger partial charge in [0, 0.05) is 23.4 Å². The van der Waals surface area contributed by atoms with Gasteiger partial charge in [0.15, 0.2) is 5.78 Å². The number of morpholine rings is 1. The second-order valence-corrected chi connectivity index (χ2v) is 7.62. The number of carbonyl (C=O) groups is 1. The molecular formula is C18H23N4O2S+. The number of nitrogens with one attached hydrogen (secondary N) is 2. The summed E-state index contributed by atoms with van der Waals surface area (Å²) >= 11 is 1.72. The van der Waals surface area contributed by atoms with E-state index in [1.165, 1.54) is 4.88 Å². The fraction of sp³-hybridized carbons (Fsp3) is 0.500. The minimum atomic E-state index is 0.156. The number of aromatic nitrogens is 2. The third kappa shape index (κ3) is 3.89. The third-order valence-corrected chi connectivity index (χ3v) is 5.98. The molecule has 2 aromatic rings. The normalized spacial score (nSPS) is 21.1. The molecule has 1 aliphatic heterocycles. The van der Waals surface area contributed by atoms with Crippen LogP contribution in [0.4, 0.5) is 5.95 Å². The zero-order chi connectivity index (χ0) is 17.1. The molecule has 1 saturated heterocycles. The molecule has 3 heterocycles. The second-order valence-electron chi connectivity index (χ2n) is 6.64. The molecule has 25 heavy (non-hydrogen) atoms. The third-order valence-electron chi connectivity index (χ3n) is 4.95. The maximum absolute atomic E-state index is 12.4. The smallest absolute Gasteiger partial charge is 0.223 e. The fourth-order valence-corrected chi connectivity index (χ4v) is 4.35. The SMILES string of the molecule is O=C1C[C@@H](c2cccs2)Cc2nc(NCC[NH+]3CCOCC3)ncc21. The predicted octanol–water partition coefficient (Wildman–Crippen LogP) is 0.778. The molecule has 1 fully saturated rings. The van der Waals surface area contributed by atoms with Crippen LogP contribution in [0.3, 0.4) is 0 Å². The standard InChI is InChI=1S/C18H22N4O2S/c23-16-11-13(17-2-1-9-25-17)10-15-14(16)12-20-18(21-15)19-3-4-22-5-7-24-8-6-22/h1-2,9,12-13H,3-8,10-11H2,(H,19,20,21)/p+1/t13-/m0/s1. The van der Waals surface area contributed by atoms with Gasteiger partial charge in [0.25, 0.3) is 0 Å². The van der Waals surface area contributed by atoms with Crippen LogP contribution in [-0.2, 0) is 11.2 Å². The predicted molar refractivity (Wildman–Crippen MR) is 96.6 cm³/mol.